The van der Waals surface area contributed by atoms with Gasteiger partial charge in [-0.3, -0.25) is 0 Å². The average molecular weight is 315 g/mol. The normalized spacial score (nSPS) is 25.5. The van der Waals surface area contributed by atoms with E-state index in [0.717, 1.165) is 24.3 Å². The maximum atomic E-state index is 10.6. The first kappa shape index (κ1) is 16.1. The van der Waals surface area contributed by atoms with E-state index in [0.29, 0.717) is 21.4 Å². The average Bonchev–Trinajstić information content (AvgIpc) is 2.40. The second-order valence-corrected chi connectivity index (χ2v) is 7.85. The molecule has 1 aliphatic carbocycles. The topological polar surface area (TPSA) is 20.2 Å². The van der Waals surface area contributed by atoms with Gasteiger partial charge in [-0.15, -0.1) is 0 Å². The fraction of sp³-hybridized carbons (Fsp3) is 0.647. The monoisotopic (exact) mass is 314 g/mol. The van der Waals surface area contributed by atoms with Crippen LogP contribution < -0.4 is 0 Å². The first-order valence-corrected chi connectivity index (χ1v) is 8.18. The summed E-state index contributed by atoms with van der Waals surface area (Å²) in [5.41, 5.74) is 1.14. The Balaban J connectivity index is 2.05. The van der Waals surface area contributed by atoms with Crippen molar-refractivity contribution in [3.05, 3.63) is 33.8 Å². The zero-order valence-electron chi connectivity index (χ0n) is 12.5. The molecule has 3 heteroatoms. The molecule has 0 amide bonds. The number of benzene rings is 1. The summed E-state index contributed by atoms with van der Waals surface area (Å²) in [7, 11) is 0. The fourth-order valence-corrected chi connectivity index (χ4v) is 3.72. The van der Waals surface area contributed by atoms with E-state index < -0.39 is 6.10 Å². The predicted octanol–water partition coefficient (Wildman–Crippen LogP) is 5.88. The van der Waals surface area contributed by atoms with Crippen LogP contribution >= 0.6 is 23.2 Å². The van der Waals surface area contributed by atoms with Crippen molar-refractivity contribution in [1.29, 1.82) is 0 Å². The Morgan fingerprint density at radius 2 is 1.70 bits per heavy atom. The van der Waals surface area contributed by atoms with Gasteiger partial charge in [0.25, 0.3) is 0 Å². The van der Waals surface area contributed by atoms with Crippen LogP contribution in [0.1, 0.15) is 58.1 Å². The first-order chi connectivity index (χ1) is 9.30. The van der Waals surface area contributed by atoms with Gasteiger partial charge >= 0.3 is 0 Å². The van der Waals surface area contributed by atoms with E-state index in [1.54, 1.807) is 6.07 Å². The minimum absolute atomic E-state index is 0.296. The zero-order valence-corrected chi connectivity index (χ0v) is 14.0. The molecular weight excluding hydrogens is 291 g/mol. The second-order valence-electron chi connectivity index (χ2n) is 7.07. The SMILES string of the molecule is CC(C)(C)C1CCC(C(O)c2cccc(Cl)c2Cl)CC1. The van der Waals surface area contributed by atoms with E-state index in [9.17, 15) is 5.11 Å². The summed E-state index contributed by atoms with van der Waals surface area (Å²) in [6.45, 7) is 6.92. The van der Waals surface area contributed by atoms with Crippen molar-refractivity contribution in [1.82, 2.24) is 0 Å². The van der Waals surface area contributed by atoms with Gasteiger partial charge in [-0.05, 0) is 49.0 Å². The summed E-state index contributed by atoms with van der Waals surface area (Å²) in [5.74, 6) is 1.05. The summed E-state index contributed by atoms with van der Waals surface area (Å²) >= 11 is 12.3. The number of aliphatic hydroxyl groups is 1. The Bertz CT molecular complexity index is 457. The third-order valence-electron chi connectivity index (χ3n) is 4.74. The lowest BCUT2D eigenvalue weighted by atomic mass is 9.68. The number of hydrogen-bond acceptors (Lipinski definition) is 1. The molecule has 1 N–H and O–H groups in total. The van der Waals surface area contributed by atoms with Crippen LogP contribution in [-0.4, -0.2) is 5.11 Å². The van der Waals surface area contributed by atoms with Gasteiger partial charge in [-0.1, -0.05) is 56.1 Å². The van der Waals surface area contributed by atoms with Gasteiger partial charge in [0.05, 0.1) is 16.1 Å². The van der Waals surface area contributed by atoms with Crippen LogP contribution in [-0.2, 0) is 0 Å². The molecule has 0 bridgehead atoms. The molecule has 1 nitrogen and oxygen atoms in total. The summed E-state index contributed by atoms with van der Waals surface area (Å²) in [4.78, 5) is 0. The predicted molar refractivity (Wildman–Crippen MR) is 86.3 cm³/mol. The Morgan fingerprint density at radius 1 is 1.10 bits per heavy atom. The van der Waals surface area contributed by atoms with Crippen LogP contribution in [0, 0.1) is 17.3 Å². The van der Waals surface area contributed by atoms with Crippen molar-refractivity contribution in [3.63, 3.8) is 0 Å². The molecule has 2 rings (SSSR count). The van der Waals surface area contributed by atoms with Crippen molar-refractivity contribution < 1.29 is 5.11 Å². The molecule has 0 saturated heterocycles. The third-order valence-corrected chi connectivity index (χ3v) is 5.58. The Morgan fingerprint density at radius 3 is 2.25 bits per heavy atom. The van der Waals surface area contributed by atoms with Gasteiger partial charge in [0.1, 0.15) is 0 Å². The molecule has 1 fully saturated rings. The summed E-state index contributed by atoms with van der Waals surface area (Å²) in [6, 6.07) is 5.50. The molecule has 0 heterocycles. The van der Waals surface area contributed by atoms with Crippen LogP contribution in [0.2, 0.25) is 10.0 Å². The van der Waals surface area contributed by atoms with E-state index in [4.69, 9.17) is 23.2 Å². The summed E-state index contributed by atoms with van der Waals surface area (Å²) in [5, 5.41) is 11.6. The van der Waals surface area contributed by atoms with E-state index in [1.165, 1.54) is 12.8 Å². The molecule has 0 aliphatic heterocycles. The molecule has 20 heavy (non-hydrogen) atoms. The Labute approximate surface area is 132 Å². The van der Waals surface area contributed by atoms with Crippen molar-refractivity contribution in [2.45, 2.75) is 52.6 Å². The lowest BCUT2D eigenvalue weighted by molar-refractivity contribution is 0.0529. The van der Waals surface area contributed by atoms with Gasteiger partial charge in [-0.2, -0.15) is 0 Å². The molecule has 0 aromatic heterocycles. The van der Waals surface area contributed by atoms with Crippen molar-refractivity contribution in [3.8, 4) is 0 Å². The molecule has 1 saturated carbocycles. The minimum atomic E-state index is -0.498. The highest BCUT2D eigenvalue weighted by atomic mass is 35.5. The number of aliphatic hydroxyl groups excluding tert-OH is 1. The smallest absolute Gasteiger partial charge is 0.0833 e. The van der Waals surface area contributed by atoms with E-state index in [2.05, 4.69) is 20.8 Å². The van der Waals surface area contributed by atoms with E-state index in [1.807, 2.05) is 12.1 Å². The largest absolute Gasteiger partial charge is 0.388 e. The van der Waals surface area contributed by atoms with Crippen LogP contribution in [0.25, 0.3) is 0 Å². The standard InChI is InChI=1S/C17H24Cl2O/c1-17(2,3)12-9-7-11(8-10-12)16(20)13-5-4-6-14(18)15(13)19/h4-6,11-12,16,20H,7-10H2,1-3H3. The maximum absolute atomic E-state index is 10.6. The van der Waals surface area contributed by atoms with Gasteiger partial charge in [0, 0.05) is 5.56 Å². The van der Waals surface area contributed by atoms with Gasteiger partial charge in [-0.25, -0.2) is 0 Å². The lowest BCUT2D eigenvalue weighted by Gasteiger charge is -2.38. The highest BCUT2D eigenvalue weighted by Crippen LogP contribution is 2.44. The van der Waals surface area contributed by atoms with Crippen LogP contribution in [0.15, 0.2) is 18.2 Å². The third kappa shape index (κ3) is 3.50. The van der Waals surface area contributed by atoms with Crippen LogP contribution in [0.3, 0.4) is 0 Å². The number of rotatable bonds is 2. The maximum Gasteiger partial charge on any atom is 0.0833 e. The molecule has 1 unspecified atom stereocenters. The molecule has 0 spiro atoms. The highest BCUT2D eigenvalue weighted by Gasteiger charge is 2.33. The van der Waals surface area contributed by atoms with Crippen molar-refractivity contribution in [2.75, 3.05) is 0 Å². The second kappa shape index (κ2) is 6.25. The van der Waals surface area contributed by atoms with E-state index >= 15 is 0 Å². The minimum Gasteiger partial charge on any atom is -0.388 e. The molecule has 1 aliphatic rings. The van der Waals surface area contributed by atoms with E-state index in [-0.39, 0.29) is 0 Å². The Kier molecular flexibility index (Phi) is 5.05. The highest BCUT2D eigenvalue weighted by molar-refractivity contribution is 6.42. The van der Waals surface area contributed by atoms with Gasteiger partial charge in [0.15, 0.2) is 0 Å². The molecule has 112 valence electrons. The molecule has 0 radical (unpaired) electrons. The van der Waals surface area contributed by atoms with Crippen LogP contribution in [0.5, 0.6) is 0 Å². The summed E-state index contributed by atoms with van der Waals surface area (Å²) in [6.07, 6.45) is 3.99. The zero-order chi connectivity index (χ0) is 14.9. The van der Waals surface area contributed by atoms with Crippen molar-refractivity contribution >= 4 is 23.2 Å². The lowest BCUT2D eigenvalue weighted by Crippen LogP contribution is -2.28. The molecule has 1 aromatic carbocycles. The molecule has 1 atom stereocenters. The van der Waals surface area contributed by atoms with Gasteiger partial charge in [0.2, 0.25) is 0 Å². The molecule has 1 aromatic rings. The Hall–Kier alpha value is -0.240. The van der Waals surface area contributed by atoms with Crippen molar-refractivity contribution in [2.24, 2.45) is 17.3 Å². The number of hydrogen-bond donors (Lipinski definition) is 1. The first-order valence-electron chi connectivity index (χ1n) is 7.42. The van der Waals surface area contributed by atoms with Crippen LogP contribution in [0.4, 0.5) is 0 Å². The van der Waals surface area contributed by atoms with Gasteiger partial charge < -0.3 is 5.11 Å². The quantitative estimate of drug-likeness (QED) is 0.722. The fourth-order valence-electron chi connectivity index (χ4n) is 3.30. The summed E-state index contributed by atoms with van der Waals surface area (Å²) < 4.78 is 0. The molecular formula is C17H24Cl2O. The number of halogens is 2.